The van der Waals surface area contributed by atoms with Gasteiger partial charge in [0.25, 0.3) is 0 Å². The van der Waals surface area contributed by atoms with Crippen LogP contribution in [0.1, 0.15) is 12.5 Å². The number of hydrogen-bond donors (Lipinski definition) is 3. The van der Waals surface area contributed by atoms with Crippen molar-refractivity contribution in [3.05, 3.63) is 78.4 Å². The van der Waals surface area contributed by atoms with Crippen LogP contribution in [0, 0.1) is 0 Å². The number of rotatable bonds is 4. The van der Waals surface area contributed by atoms with Crippen LogP contribution in [0.4, 0.5) is 11.4 Å². The van der Waals surface area contributed by atoms with Gasteiger partial charge in [-0.15, -0.1) is 0 Å². The monoisotopic (exact) mass is 372 g/mol. The first-order valence-electron chi connectivity index (χ1n) is 8.93. The third kappa shape index (κ3) is 3.99. The molecule has 134 valence electrons. The number of thiocarbonyl (C=S) groups is 1. The highest BCUT2D eigenvalue weighted by Gasteiger charge is 2.05. The molecule has 0 spiro atoms. The molecule has 4 rings (SSSR count). The predicted octanol–water partition coefficient (Wildman–Crippen LogP) is 5.60. The van der Waals surface area contributed by atoms with Crippen LogP contribution in [0.15, 0.2) is 72.8 Å². The van der Waals surface area contributed by atoms with Gasteiger partial charge in [-0.2, -0.15) is 0 Å². The number of hydrogen-bond acceptors (Lipinski definition) is 2. The third-order valence-corrected chi connectivity index (χ3v) is 4.60. The lowest BCUT2D eigenvalue weighted by Gasteiger charge is -2.11. The number of imidazole rings is 1. The van der Waals surface area contributed by atoms with Gasteiger partial charge in [-0.3, -0.25) is 0 Å². The van der Waals surface area contributed by atoms with Crippen LogP contribution < -0.4 is 10.6 Å². The summed E-state index contributed by atoms with van der Waals surface area (Å²) in [5.74, 6) is 0.861. The van der Waals surface area contributed by atoms with Crippen molar-refractivity contribution >= 4 is 39.7 Å². The first-order valence-corrected chi connectivity index (χ1v) is 9.34. The van der Waals surface area contributed by atoms with Crippen LogP contribution in [0.5, 0.6) is 0 Å². The molecule has 1 heterocycles. The van der Waals surface area contributed by atoms with Crippen LogP contribution in [0.2, 0.25) is 0 Å². The Kier molecular flexibility index (Phi) is 4.85. The summed E-state index contributed by atoms with van der Waals surface area (Å²) in [4.78, 5) is 7.98. The van der Waals surface area contributed by atoms with Gasteiger partial charge in [-0.25, -0.2) is 4.98 Å². The number of aromatic nitrogens is 2. The Morgan fingerprint density at radius 2 is 1.70 bits per heavy atom. The van der Waals surface area contributed by atoms with Crippen LogP contribution in [-0.2, 0) is 6.42 Å². The number of nitrogens with one attached hydrogen (secondary N) is 3. The number of H-pyrrole nitrogens is 1. The van der Waals surface area contributed by atoms with E-state index in [9.17, 15) is 0 Å². The molecule has 27 heavy (non-hydrogen) atoms. The molecule has 0 aliphatic carbocycles. The van der Waals surface area contributed by atoms with E-state index in [1.54, 1.807) is 0 Å². The molecule has 3 aromatic carbocycles. The number of nitrogens with zero attached hydrogens (tertiary/aromatic N) is 1. The van der Waals surface area contributed by atoms with Gasteiger partial charge in [0.15, 0.2) is 5.11 Å². The Morgan fingerprint density at radius 3 is 2.48 bits per heavy atom. The standard InChI is InChI=1S/C22H20N4S/c1-2-15-6-5-7-18(14-15)24-22(27)23-17-12-10-16(11-13-17)21-25-19-8-3-4-9-20(19)26-21/h3-14H,2H2,1H3,(H,25,26)(H2,23,24,27). The van der Waals surface area contributed by atoms with Crippen LogP contribution >= 0.6 is 12.2 Å². The molecule has 5 heteroatoms. The van der Waals surface area contributed by atoms with Crippen molar-refractivity contribution in [2.24, 2.45) is 0 Å². The molecule has 0 fully saturated rings. The number of fused-ring (bicyclic) bond motifs is 1. The van der Waals surface area contributed by atoms with Crippen LogP contribution in [0.3, 0.4) is 0 Å². The highest BCUT2D eigenvalue weighted by Crippen LogP contribution is 2.22. The van der Waals surface area contributed by atoms with Gasteiger partial charge < -0.3 is 15.6 Å². The van der Waals surface area contributed by atoms with E-state index < -0.39 is 0 Å². The molecule has 0 radical (unpaired) electrons. The van der Waals surface area contributed by atoms with Crippen molar-refractivity contribution in [2.75, 3.05) is 10.6 Å². The number of aryl methyl sites for hydroxylation is 1. The number of benzene rings is 3. The van der Waals surface area contributed by atoms with E-state index in [1.807, 2.05) is 60.7 Å². The molecule has 1 aromatic heterocycles. The Balaban J connectivity index is 1.44. The second kappa shape index (κ2) is 7.60. The highest BCUT2D eigenvalue weighted by atomic mass is 32.1. The summed E-state index contributed by atoms with van der Waals surface area (Å²) in [6.45, 7) is 2.14. The summed E-state index contributed by atoms with van der Waals surface area (Å²) in [7, 11) is 0. The molecule has 4 nitrogen and oxygen atoms in total. The number of aromatic amines is 1. The zero-order chi connectivity index (χ0) is 18.6. The second-order valence-corrected chi connectivity index (χ2v) is 6.72. The number of para-hydroxylation sites is 2. The van der Waals surface area contributed by atoms with Gasteiger partial charge >= 0.3 is 0 Å². The Labute approximate surface area is 163 Å². The highest BCUT2D eigenvalue weighted by molar-refractivity contribution is 7.80. The van der Waals surface area contributed by atoms with Gasteiger partial charge in [-0.1, -0.05) is 31.2 Å². The normalized spacial score (nSPS) is 10.7. The van der Waals surface area contributed by atoms with Crippen molar-refractivity contribution < 1.29 is 0 Å². The van der Waals surface area contributed by atoms with E-state index >= 15 is 0 Å². The molecule has 0 unspecified atom stereocenters. The molecule has 0 bridgehead atoms. The van der Waals surface area contributed by atoms with Gasteiger partial charge in [0, 0.05) is 16.9 Å². The van der Waals surface area contributed by atoms with Gasteiger partial charge in [0.1, 0.15) is 5.82 Å². The molecular weight excluding hydrogens is 352 g/mol. The number of anilines is 2. The van der Waals surface area contributed by atoms with E-state index in [0.29, 0.717) is 5.11 Å². The van der Waals surface area contributed by atoms with Crippen molar-refractivity contribution in [1.82, 2.24) is 9.97 Å². The molecule has 4 aromatic rings. The van der Waals surface area contributed by atoms with E-state index in [0.717, 1.165) is 40.2 Å². The maximum atomic E-state index is 5.43. The van der Waals surface area contributed by atoms with Crippen molar-refractivity contribution in [1.29, 1.82) is 0 Å². The maximum Gasteiger partial charge on any atom is 0.175 e. The summed E-state index contributed by atoms with van der Waals surface area (Å²) in [5, 5.41) is 7.02. The summed E-state index contributed by atoms with van der Waals surface area (Å²) in [5.41, 5.74) is 6.23. The zero-order valence-electron chi connectivity index (χ0n) is 15.0. The third-order valence-electron chi connectivity index (χ3n) is 4.40. The average molecular weight is 372 g/mol. The molecular formula is C22H20N4S. The van der Waals surface area contributed by atoms with E-state index in [1.165, 1.54) is 5.56 Å². The topological polar surface area (TPSA) is 52.7 Å². The van der Waals surface area contributed by atoms with Crippen molar-refractivity contribution in [3.8, 4) is 11.4 Å². The molecule has 0 atom stereocenters. The lowest BCUT2D eigenvalue weighted by atomic mass is 10.1. The second-order valence-electron chi connectivity index (χ2n) is 6.31. The van der Waals surface area contributed by atoms with Crippen LogP contribution in [0.25, 0.3) is 22.4 Å². The quantitative estimate of drug-likeness (QED) is 0.408. The average Bonchev–Trinajstić information content (AvgIpc) is 3.13. The van der Waals surface area contributed by atoms with Gasteiger partial charge in [0.2, 0.25) is 0 Å². The smallest absolute Gasteiger partial charge is 0.175 e. The summed E-state index contributed by atoms with van der Waals surface area (Å²) in [6, 6.07) is 24.3. The van der Waals surface area contributed by atoms with Crippen molar-refractivity contribution in [2.45, 2.75) is 13.3 Å². The molecule has 3 N–H and O–H groups in total. The largest absolute Gasteiger partial charge is 0.338 e. The van der Waals surface area contributed by atoms with Crippen LogP contribution in [-0.4, -0.2) is 15.1 Å². The summed E-state index contributed by atoms with van der Waals surface area (Å²) in [6.07, 6.45) is 0.999. The fourth-order valence-electron chi connectivity index (χ4n) is 2.96. The fraction of sp³-hybridized carbons (Fsp3) is 0.0909. The minimum absolute atomic E-state index is 0.569. The molecule has 0 aliphatic rings. The Hall–Kier alpha value is -3.18. The van der Waals surface area contributed by atoms with E-state index in [4.69, 9.17) is 12.2 Å². The van der Waals surface area contributed by atoms with Crippen molar-refractivity contribution in [3.63, 3.8) is 0 Å². The molecule has 0 aliphatic heterocycles. The first-order chi connectivity index (χ1) is 13.2. The van der Waals surface area contributed by atoms with Gasteiger partial charge in [-0.05, 0) is 72.7 Å². The van der Waals surface area contributed by atoms with E-state index in [2.05, 4.69) is 39.7 Å². The van der Waals surface area contributed by atoms with E-state index in [-0.39, 0.29) is 0 Å². The minimum Gasteiger partial charge on any atom is -0.338 e. The molecule has 0 saturated carbocycles. The summed E-state index contributed by atoms with van der Waals surface area (Å²) >= 11 is 5.43. The minimum atomic E-state index is 0.569. The fourth-order valence-corrected chi connectivity index (χ4v) is 3.20. The zero-order valence-corrected chi connectivity index (χ0v) is 15.8. The predicted molar refractivity (Wildman–Crippen MR) is 117 cm³/mol. The summed E-state index contributed by atoms with van der Waals surface area (Å²) < 4.78 is 0. The SMILES string of the molecule is CCc1cccc(NC(=S)Nc2ccc(-c3nc4ccccc4[nH]3)cc2)c1. The first kappa shape index (κ1) is 17.2. The Bertz CT molecular complexity index is 1050. The van der Waals surface area contributed by atoms with Gasteiger partial charge in [0.05, 0.1) is 11.0 Å². The maximum absolute atomic E-state index is 5.43. The molecule has 0 amide bonds. The Morgan fingerprint density at radius 1 is 0.926 bits per heavy atom. The molecule has 0 saturated heterocycles. The lowest BCUT2D eigenvalue weighted by molar-refractivity contribution is 1.14. The lowest BCUT2D eigenvalue weighted by Crippen LogP contribution is -2.19.